The number of aryl methyl sites for hydroxylation is 10. The van der Waals surface area contributed by atoms with Crippen LogP contribution in [0.5, 0.6) is 0 Å². The summed E-state index contributed by atoms with van der Waals surface area (Å²) in [5, 5.41) is 12.9. The molecule has 12 aromatic heterocycles. The summed E-state index contributed by atoms with van der Waals surface area (Å²) in [6, 6.07) is 37.9. The van der Waals surface area contributed by atoms with E-state index in [0.717, 1.165) is 141 Å². The predicted molar refractivity (Wildman–Crippen MR) is 433 cm³/mol. The normalized spacial score (nSPS) is 12.7. The van der Waals surface area contributed by atoms with E-state index < -0.39 is 21.0 Å². The summed E-state index contributed by atoms with van der Waals surface area (Å²) in [5.41, 5.74) is 19.8. The Kier molecular flexibility index (Phi) is 19.3. The number of nitrogens with zero attached hydrogens (tertiary/aromatic N) is 9. The SMILES string of the molecule is CC(=O)Nc1ccc2c(c1)c1cc3nc(C)oc3cc1n2C.CCOC(=O)c1cn(C)c2cc3oc(C)nc3cc12.Cc1nc2cc3c(cc2o1)oc1ccc(S(O)(O)O)cc13.Cc1nc2cc3c4c(n(CCCS(=O)(=O)O)c3cc2o1)CCCC4.Cc1nc2cc3ccoc3cc2o1.Cc1nc2cc3ccsc3cc2o1. The molecule has 1 amide bonds. The van der Waals surface area contributed by atoms with Gasteiger partial charge in [-0.05, 0) is 140 Å². The van der Waals surface area contributed by atoms with Gasteiger partial charge in [0.1, 0.15) is 60.7 Å². The van der Waals surface area contributed by atoms with Gasteiger partial charge in [0.2, 0.25) is 5.91 Å². The molecule has 0 unspecified atom stereocenters. The fourth-order valence-corrected chi connectivity index (χ4v) is 16.4. The second-order valence-electron chi connectivity index (χ2n) is 27.3. The van der Waals surface area contributed by atoms with Crippen LogP contribution in [0, 0.1) is 41.5 Å². The molecule has 8 aromatic carbocycles. The molecule has 112 heavy (non-hydrogen) atoms. The maximum absolute atomic E-state index is 11.9. The summed E-state index contributed by atoms with van der Waals surface area (Å²) >= 11 is 1.72. The molecule has 0 radical (unpaired) electrons. The maximum Gasteiger partial charge on any atom is 0.340 e. The van der Waals surface area contributed by atoms with Crippen LogP contribution in [-0.4, -0.2) is 94.5 Å². The van der Waals surface area contributed by atoms with Gasteiger partial charge in [-0.1, -0.05) is 0 Å². The van der Waals surface area contributed by atoms with Crippen molar-refractivity contribution in [3.05, 3.63) is 191 Å². The highest BCUT2D eigenvalue weighted by atomic mass is 32.3. The molecule has 0 saturated carbocycles. The molecule has 0 bridgehead atoms. The number of hydrogen-bond acceptors (Lipinski definition) is 23. The van der Waals surface area contributed by atoms with Crippen molar-refractivity contribution in [2.45, 2.75) is 98.9 Å². The second-order valence-corrected chi connectivity index (χ2v) is 31.4. The Morgan fingerprint density at radius 2 is 1.04 bits per heavy atom. The van der Waals surface area contributed by atoms with Crippen LogP contribution in [0.2, 0.25) is 0 Å². The van der Waals surface area contributed by atoms with Gasteiger partial charge in [0, 0.05) is 171 Å². The highest BCUT2D eigenvalue weighted by Crippen LogP contribution is 2.46. The number of aromatic nitrogens is 9. The van der Waals surface area contributed by atoms with Crippen molar-refractivity contribution in [2.24, 2.45) is 14.1 Å². The Labute approximate surface area is 641 Å². The number of benzene rings is 8. The Morgan fingerprint density at radius 3 is 1.65 bits per heavy atom. The Hall–Kier alpha value is -12.2. The van der Waals surface area contributed by atoms with Gasteiger partial charge in [0.25, 0.3) is 10.1 Å². The van der Waals surface area contributed by atoms with Crippen LogP contribution in [-0.2, 0) is 53.1 Å². The molecule has 0 spiro atoms. The Morgan fingerprint density at radius 1 is 0.518 bits per heavy atom. The molecule has 0 saturated heterocycles. The molecule has 0 aliphatic heterocycles. The number of rotatable bonds is 8. The lowest BCUT2D eigenvalue weighted by atomic mass is 9.95. The number of furan rings is 2. The first-order chi connectivity index (χ1) is 53.6. The molecule has 1 aliphatic rings. The third-order valence-corrected chi connectivity index (χ3v) is 21.9. The van der Waals surface area contributed by atoms with E-state index in [1.807, 2.05) is 119 Å². The lowest BCUT2D eigenvalue weighted by molar-refractivity contribution is -0.114. The molecule has 12 heterocycles. The van der Waals surface area contributed by atoms with Crippen LogP contribution >= 0.6 is 22.2 Å². The minimum Gasteiger partial charge on any atom is -0.464 e. The fraction of sp³-hybridized carbons (Fsp3) is 0.220. The Bertz CT molecular complexity index is 7000. The smallest absolute Gasteiger partial charge is 0.340 e. The van der Waals surface area contributed by atoms with Gasteiger partial charge >= 0.3 is 5.97 Å². The largest absolute Gasteiger partial charge is 0.464 e. The third-order valence-electron chi connectivity index (χ3n) is 19.3. The van der Waals surface area contributed by atoms with E-state index in [2.05, 4.69) is 74.0 Å². The zero-order chi connectivity index (χ0) is 78.3. The molecular formula is C82H74N10O17S3. The molecule has 5 N–H and O–H groups in total. The zero-order valence-corrected chi connectivity index (χ0v) is 64.7. The highest BCUT2D eigenvalue weighted by Gasteiger charge is 2.24. The first-order valence-electron chi connectivity index (χ1n) is 35.8. The van der Waals surface area contributed by atoms with Gasteiger partial charge in [-0.3, -0.25) is 9.35 Å². The second kappa shape index (κ2) is 29.3. The van der Waals surface area contributed by atoms with Crippen LogP contribution in [0.1, 0.15) is 90.1 Å². The van der Waals surface area contributed by atoms with Crippen molar-refractivity contribution in [1.29, 1.82) is 0 Å². The number of esters is 1. The van der Waals surface area contributed by atoms with Crippen molar-refractivity contribution in [1.82, 2.24) is 43.6 Å². The predicted octanol–water partition coefficient (Wildman–Crippen LogP) is 20.6. The molecule has 0 atom stereocenters. The van der Waals surface area contributed by atoms with Crippen LogP contribution in [0.25, 0.3) is 153 Å². The number of thiophene rings is 1. The lowest BCUT2D eigenvalue weighted by Gasteiger charge is -2.18. The monoisotopic (exact) mass is 1570 g/mol. The van der Waals surface area contributed by atoms with E-state index in [-0.39, 0.29) is 22.5 Å². The number of fused-ring (bicyclic) bond motifs is 18. The summed E-state index contributed by atoms with van der Waals surface area (Å²) in [4.78, 5) is 49.1. The van der Waals surface area contributed by atoms with Gasteiger partial charge in [-0.15, -0.1) is 11.3 Å². The number of hydrogen-bond donors (Lipinski definition) is 5. The minimum atomic E-state index is -3.93. The maximum atomic E-state index is 11.9. The average molecular weight is 1570 g/mol. The number of ether oxygens (including phenoxy) is 1. The van der Waals surface area contributed by atoms with Crippen LogP contribution in [0.4, 0.5) is 5.69 Å². The summed E-state index contributed by atoms with van der Waals surface area (Å²) in [7, 11) is -3.77. The van der Waals surface area contributed by atoms with Gasteiger partial charge in [0.15, 0.2) is 68.8 Å². The van der Waals surface area contributed by atoms with Crippen molar-refractivity contribution in [2.75, 3.05) is 17.7 Å². The molecule has 20 aromatic rings. The van der Waals surface area contributed by atoms with E-state index in [0.29, 0.717) is 82.2 Å². The molecule has 572 valence electrons. The molecule has 1 aliphatic carbocycles. The molecule has 0 fully saturated rings. The van der Waals surface area contributed by atoms with E-state index in [1.165, 1.54) is 52.2 Å². The standard InChI is InChI=1S/C17H15N3O2.C17H20N2O4S.C14H14N2O3.C14H11NO5S.C10H7NO2.C10H7NOS/c1-9(21)18-11-4-5-15-12(6-11)13-7-14-17(22-10(2)19-14)8-16(13)20(15)3;1-11-18-14-9-13-12-5-2-3-6-15(12)19(7-4-8-24(20,21)22)16(13)10-17(14)23-11;1-4-18-14(17)10-7-16(3)12-6-13-11(5-9(10)12)15-8(2)19-13;1-7-15-11-5-10-9-4-8(21(16,17)18)2-3-12(9)20-13(10)6-14(11)19-7;1-6-11-8-4-7-2-3-12-9(7)5-10(8)13-6;1-6-11-8-4-7-2-3-13-10(7)5-9(8)12-6/h4-8H,1-3H3,(H,18,21);9-10H,2-8H2,1H3,(H,20,21,22);5-7H,4H2,1-3H3;2-6,16-18H,1H3;2*2-5H,1H3. The summed E-state index contributed by atoms with van der Waals surface area (Å²) < 4.78 is 116. The molecule has 30 heteroatoms. The van der Waals surface area contributed by atoms with Crippen LogP contribution in [0.15, 0.2) is 179 Å². The topological polar surface area (TPSA) is 368 Å². The number of carbonyl (C=O) groups excluding carboxylic acids is 2. The van der Waals surface area contributed by atoms with Crippen molar-refractivity contribution >= 4 is 203 Å². The summed E-state index contributed by atoms with van der Waals surface area (Å²) in [5.74, 6) is 3.29. The summed E-state index contributed by atoms with van der Waals surface area (Å²) in [6.45, 7) is 15.2. The summed E-state index contributed by atoms with van der Waals surface area (Å²) in [6.07, 6.45) is 8.19. The number of amides is 1. The van der Waals surface area contributed by atoms with Gasteiger partial charge in [-0.25, -0.2) is 34.7 Å². The fourth-order valence-electron chi connectivity index (χ4n) is 14.6. The first kappa shape index (κ1) is 74.0. The van der Waals surface area contributed by atoms with Gasteiger partial charge < -0.3 is 72.8 Å². The number of oxazole rings is 6. The number of carbonyl (C=O) groups is 2. The first-order valence-corrected chi connectivity index (χ1v) is 39.8. The van der Waals surface area contributed by atoms with E-state index >= 15 is 0 Å². The van der Waals surface area contributed by atoms with E-state index in [4.69, 9.17) is 44.6 Å². The lowest BCUT2D eigenvalue weighted by Crippen LogP contribution is -2.12. The highest BCUT2D eigenvalue weighted by molar-refractivity contribution is 8.19. The zero-order valence-electron chi connectivity index (χ0n) is 62.3. The molecular weight excluding hydrogens is 1490 g/mol. The van der Waals surface area contributed by atoms with Crippen molar-refractivity contribution in [3.63, 3.8) is 0 Å². The number of nitrogens with one attached hydrogen (secondary N) is 1. The van der Waals surface area contributed by atoms with Crippen molar-refractivity contribution in [3.8, 4) is 0 Å². The number of anilines is 1. The van der Waals surface area contributed by atoms with Gasteiger partial charge in [-0.2, -0.15) is 8.42 Å². The van der Waals surface area contributed by atoms with Crippen LogP contribution in [0.3, 0.4) is 0 Å². The van der Waals surface area contributed by atoms with Gasteiger partial charge in [0.05, 0.1) is 45.6 Å². The minimum absolute atomic E-state index is 0.0501. The van der Waals surface area contributed by atoms with E-state index in [1.54, 1.807) is 56.7 Å². The molecule has 27 nitrogen and oxygen atoms in total. The van der Waals surface area contributed by atoms with Crippen LogP contribution < -0.4 is 5.32 Å². The molecule has 21 rings (SSSR count). The quantitative estimate of drug-likeness (QED) is 0.0697. The van der Waals surface area contributed by atoms with E-state index in [9.17, 15) is 31.7 Å². The Balaban J connectivity index is 0.000000103. The van der Waals surface area contributed by atoms with Crippen molar-refractivity contribution < 1.29 is 76.3 Å². The third kappa shape index (κ3) is 14.8. The average Bonchev–Trinajstić information content (AvgIpc) is 1.60.